The molecule has 1 saturated heterocycles. The van der Waals surface area contributed by atoms with Gasteiger partial charge in [0.1, 0.15) is 5.82 Å². The van der Waals surface area contributed by atoms with Crippen LogP contribution in [0.3, 0.4) is 0 Å². The van der Waals surface area contributed by atoms with Crippen molar-refractivity contribution in [2.24, 2.45) is 0 Å². The van der Waals surface area contributed by atoms with E-state index in [0.717, 1.165) is 37.2 Å². The summed E-state index contributed by atoms with van der Waals surface area (Å²) >= 11 is 0. The van der Waals surface area contributed by atoms with Crippen molar-refractivity contribution >= 4 is 28.2 Å². The number of anilines is 2. The van der Waals surface area contributed by atoms with Crippen molar-refractivity contribution in [1.82, 2.24) is 9.55 Å². The van der Waals surface area contributed by atoms with E-state index in [1.165, 1.54) is 6.42 Å². The van der Waals surface area contributed by atoms with Crippen LogP contribution in [-0.4, -0.2) is 28.5 Å². The van der Waals surface area contributed by atoms with E-state index < -0.39 is 0 Å². The molecule has 0 bridgehead atoms. The fourth-order valence-electron chi connectivity index (χ4n) is 4.60. The van der Waals surface area contributed by atoms with Crippen LogP contribution in [0.15, 0.2) is 77.6 Å². The zero-order valence-electron chi connectivity index (χ0n) is 19.3. The molecule has 6 heteroatoms. The van der Waals surface area contributed by atoms with Crippen LogP contribution in [0.5, 0.6) is 0 Å². The molecule has 1 amide bonds. The molecule has 6 nitrogen and oxygen atoms in total. The van der Waals surface area contributed by atoms with Gasteiger partial charge in [0.25, 0.3) is 11.5 Å². The summed E-state index contributed by atoms with van der Waals surface area (Å²) in [4.78, 5) is 33.6. The molecular formula is C28H28N4O2. The average molecular weight is 453 g/mol. The van der Waals surface area contributed by atoms with Crippen molar-refractivity contribution in [2.45, 2.75) is 32.7 Å². The Morgan fingerprint density at radius 1 is 0.941 bits per heavy atom. The van der Waals surface area contributed by atoms with Crippen molar-refractivity contribution < 1.29 is 4.79 Å². The molecule has 1 fully saturated rings. The number of carbonyl (C=O) groups is 1. The molecule has 1 aliphatic rings. The van der Waals surface area contributed by atoms with E-state index in [9.17, 15) is 9.59 Å². The first-order valence-electron chi connectivity index (χ1n) is 11.8. The third-order valence-corrected chi connectivity index (χ3v) is 6.43. The predicted molar refractivity (Wildman–Crippen MR) is 137 cm³/mol. The van der Waals surface area contributed by atoms with E-state index in [1.807, 2.05) is 61.5 Å². The van der Waals surface area contributed by atoms with Gasteiger partial charge in [0.2, 0.25) is 0 Å². The fourth-order valence-corrected chi connectivity index (χ4v) is 4.60. The molecule has 4 aromatic rings. The van der Waals surface area contributed by atoms with Crippen LogP contribution in [0, 0.1) is 6.92 Å². The lowest BCUT2D eigenvalue weighted by Gasteiger charge is -2.31. The lowest BCUT2D eigenvalue weighted by atomic mass is 10.1. The Balaban J connectivity index is 1.61. The second-order valence-corrected chi connectivity index (χ2v) is 8.79. The molecule has 172 valence electrons. The first-order valence-corrected chi connectivity index (χ1v) is 11.8. The highest BCUT2D eigenvalue weighted by atomic mass is 16.1. The number of hydrogen-bond donors (Lipinski definition) is 1. The van der Waals surface area contributed by atoms with Crippen LogP contribution in [0.4, 0.5) is 11.4 Å². The molecule has 0 aliphatic carbocycles. The maximum atomic E-state index is 13.5. The zero-order valence-corrected chi connectivity index (χ0v) is 19.3. The normalized spacial score (nSPS) is 13.7. The maximum absolute atomic E-state index is 13.5. The van der Waals surface area contributed by atoms with Gasteiger partial charge in [-0.3, -0.25) is 14.2 Å². The van der Waals surface area contributed by atoms with E-state index in [4.69, 9.17) is 4.98 Å². The van der Waals surface area contributed by atoms with Gasteiger partial charge in [0, 0.05) is 18.7 Å². The van der Waals surface area contributed by atoms with Crippen molar-refractivity contribution in [2.75, 3.05) is 23.3 Å². The number of aromatic nitrogens is 2. The Bertz CT molecular complexity index is 1370. The number of benzene rings is 3. The summed E-state index contributed by atoms with van der Waals surface area (Å²) < 4.78 is 1.70. The van der Waals surface area contributed by atoms with Crippen molar-refractivity contribution in [3.05, 3.63) is 100 Å². The molecule has 5 rings (SSSR count). The Hall–Kier alpha value is -3.93. The molecule has 0 atom stereocenters. The van der Waals surface area contributed by atoms with Gasteiger partial charge in [0.15, 0.2) is 0 Å². The second kappa shape index (κ2) is 9.51. The molecule has 2 heterocycles. The van der Waals surface area contributed by atoms with E-state index in [0.29, 0.717) is 34.5 Å². The number of nitrogens with one attached hydrogen (secondary N) is 1. The van der Waals surface area contributed by atoms with Gasteiger partial charge in [-0.2, -0.15) is 0 Å². The summed E-state index contributed by atoms with van der Waals surface area (Å²) in [5.74, 6) is 0.481. The first-order chi connectivity index (χ1) is 16.6. The summed E-state index contributed by atoms with van der Waals surface area (Å²) in [5, 5.41) is 3.58. The summed E-state index contributed by atoms with van der Waals surface area (Å²) in [5.41, 5.74) is 3.74. The van der Waals surface area contributed by atoms with Gasteiger partial charge < -0.3 is 10.2 Å². The standard InChI is InChI=1S/C28H28N4O2/c1-20-29-24-18-26(31-15-9-4-10-16-31)25(30-27(33)22-13-7-3-8-14-22)17-23(24)28(34)32(20)19-21-11-5-2-6-12-21/h2-3,5-8,11-14,17-18H,4,9-10,15-16,19H2,1H3,(H,30,33). The van der Waals surface area contributed by atoms with Gasteiger partial charge in [-0.25, -0.2) is 4.98 Å². The van der Waals surface area contributed by atoms with Crippen LogP contribution in [0.2, 0.25) is 0 Å². The molecule has 1 aliphatic heterocycles. The van der Waals surface area contributed by atoms with Gasteiger partial charge in [-0.05, 0) is 56.0 Å². The minimum Gasteiger partial charge on any atom is -0.370 e. The van der Waals surface area contributed by atoms with Crippen LogP contribution in [0.25, 0.3) is 10.9 Å². The Kier molecular flexibility index (Phi) is 6.12. The van der Waals surface area contributed by atoms with Crippen LogP contribution < -0.4 is 15.8 Å². The van der Waals surface area contributed by atoms with Crippen molar-refractivity contribution in [1.29, 1.82) is 0 Å². The number of hydrogen-bond acceptors (Lipinski definition) is 4. The van der Waals surface area contributed by atoms with E-state index in [-0.39, 0.29) is 11.5 Å². The summed E-state index contributed by atoms with van der Waals surface area (Å²) in [6, 6.07) is 22.8. The highest BCUT2D eigenvalue weighted by Gasteiger charge is 2.20. The molecule has 0 unspecified atom stereocenters. The molecule has 0 spiro atoms. The topological polar surface area (TPSA) is 67.2 Å². The molecule has 0 radical (unpaired) electrons. The molecule has 3 aromatic carbocycles. The number of rotatable bonds is 5. The van der Waals surface area contributed by atoms with E-state index >= 15 is 0 Å². The zero-order chi connectivity index (χ0) is 23.5. The summed E-state index contributed by atoms with van der Waals surface area (Å²) in [7, 11) is 0. The number of aryl methyl sites for hydroxylation is 1. The van der Waals surface area contributed by atoms with E-state index in [1.54, 1.807) is 22.8 Å². The maximum Gasteiger partial charge on any atom is 0.261 e. The highest BCUT2D eigenvalue weighted by Crippen LogP contribution is 2.32. The SMILES string of the molecule is Cc1nc2cc(N3CCCCC3)c(NC(=O)c3ccccc3)cc2c(=O)n1Cc1ccccc1. The molecule has 34 heavy (non-hydrogen) atoms. The largest absolute Gasteiger partial charge is 0.370 e. The number of piperidine rings is 1. The van der Waals surface area contributed by atoms with Crippen molar-refractivity contribution in [3.8, 4) is 0 Å². The molecule has 0 saturated carbocycles. The quantitative estimate of drug-likeness (QED) is 0.463. The minimum atomic E-state index is -0.192. The number of carbonyl (C=O) groups excluding carboxylic acids is 1. The Labute approximate surface area is 198 Å². The predicted octanol–water partition coefficient (Wildman–Crippen LogP) is 5.00. The van der Waals surface area contributed by atoms with Crippen LogP contribution in [-0.2, 0) is 6.54 Å². The third kappa shape index (κ3) is 4.44. The lowest BCUT2D eigenvalue weighted by Crippen LogP contribution is -2.31. The van der Waals surface area contributed by atoms with Gasteiger partial charge >= 0.3 is 0 Å². The minimum absolute atomic E-state index is 0.105. The molecule has 1 N–H and O–H groups in total. The highest BCUT2D eigenvalue weighted by molar-refractivity contribution is 6.07. The van der Waals surface area contributed by atoms with Crippen LogP contribution in [0.1, 0.15) is 41.0 Å². The second-order valence-electron chi connectivity index (χ2n) is 8.79. The van der Waals surface area contributed by atoms with Gasteiger partial charge in [0.05, 0.1) is 28.8 Å². The monoisotopic (exact) mass is 452 g/mol. The van der Waals surface area contributed by atoms with Crippen LogP contribution >= 0.6 is 0 Å². The fraction of sp³-hybridized carbons (Fsp3) is 0.250. The lowest BCUT2D eigenvalue weighted by molar-refractivity contribution is 0.102. The smallest absolute Gasteiger partial charge is 0.261 e. The van der Waals surface area contributed by atoms with E-state index in [2.05, 4.69) is 10.2 Å². The Morgan fingerprint density at radius 3 is 2.32 bits per heavy atom. The average Bonchev–Trinajstić information content (AvgIpc) is 2.88. The molecule has 1 aromatic heterocycles. The van der Waals surface area contributed by atoms with Gasteiger partial charge in [-0.15, -0.1) is 0 Å². The summed E-state index contributed by atoms with van der Waals surface area (Å²) in [6.07, 6.45) is 3.42. The Morgan fingerprint density at radius 2 is 1.62 bits per heavy atom. The summed E-state index contributed by atoms with van der Waals surface area (Å²) in [6.45, 7) is 4.16. The third-order valence-electron chi connectivity index (χ3n) is 6.43. The number of amides is 1. The number of fused-ring (bicyclic) bond motifs is 1. The number of nitrogens with zero attached hydrogens (tertiary/aromatic N) is 3. The molecular weight excluding hydrogens is 424 g/mol. The van der Waals surface area contributed by atoms with Crippen molar-refractivity contribution in [3.63, 3.8) is 0 Å². The first kappa shape index (κ1) is 21.9. The van der Waals surface area contributed by atoms with Gasteiger partial charge in [-0.1, -0.05) is 48.5 Å².